The molecule has 0 aliphatic carbocycles. The SMILES string of the molecule is NC(=S)NN=Cc1ccc(O)c(CN2CCCCC2)c1. The van der Waals surface area contributed by atoms with Crippen LogP contribution in [0.25, 0.3) is 0 Å². The van der Waals surface area contributed by atoms with Crippen molar-refractivity contribution in [2.45, 2.75) is 25.8 Å². The standard InChI is InChI=1S/C14H20N4OS/c15-14(20)17-16-9-11-4-5-13(19)12(8-11)10-18-6-2-1-3-7-18/h4-5,8-9,19H,1-3,6-7,10H2,(H3,15,17,20). The van der Waals surface area contributed by atoms with E-state index in [0.717, 1.165) is 30.8 Å². The Morgan fingerprint density at radius 2 is 2.15 bits per heavy atom. The lowest BCUT2D eigenvalue weighted by atomic mass is 10.1. The Labute approximate surface area is 124 Å². The average Bonchev–Trinajstić information content (AvgIpc) is 2.43. The minimum atomic E-state index is 0.133. The number of nitrogens with two attached hydrogens (primary N) is 1. The summed E-state index contributed by atoms with van der Waals surface area (Å²) in [4.78, 5) is 2.37. The van der Waals surface area contributed by atoms with Gasteiger partial charge in [-0.2, -0.15) is 5.10 Å². The molecule has 0 spiro atoms. The van der Waals surface area contributed by atoms with Gasteiger partial charge in [0.25, 0.3) is 0 Å². The Balaban J connectivity index is 2.03. The van der Waals surface area contributed by atoms with Crippen molar-refractivity contribution in [1.29, 1.82) is 0 Å². The Bertz CT molecular complexity index is 498. The summed E-state index contributed by atoms with van der Waals surface area (Å²) in [6, 6.07) is 5.44. The number of hydrogen-bond acceptors (Lipinski definition) is 4. The van der Waals surface area contributed by atoms with Gasteiger partial charge >= 0.3 is 0 Å². The summed E-state index contributed by atoms with van der Waals surface area (Å²) in [5.41, 5.74) is 9.63. The molecule has 0 saturated carbocycles. The third kappa shape index (κ3) is 4.47. The fourth-order valence-electron chi connectivity index (χ4n) is 2.34. The van der Waals surface area contributed by atoms with Crippen molar-refractivity contribution in [3.05, 3.63) is 29.3 Å². The average molecular weight is 292 g/mol. The van der Waals surface area contributed by atoms with E-state index >= 15 is 0 Å². The smallest absolute Gasteiger partial charge is 0.184 e. The number of hydrazone groups is 1. The summed E-state index contributed by atoms with van der Waals surface area (Å²) in [6.07, 6.45) is 5.41. The molecule has 1 heterocycles. The number of hydrogen-bond donors (Lipinski definition) is 3. The van der Waals surface area contributed by atoms with Gasteiger partial charge in [0, 0.05) is 12.1 Å². The highest BCUT2D eigenvalue weighted by Gasteiger charge is 2.12. The first-order chi connectivity index (χ1) is 9.65. The number of aromatic hydroxyl groups is 1. The van der Waals surface area contributed by atoms with Gasteiger partial charge in [0.1, 0.15) is 5.75 Å². The number of nitrogens with one attached hydrogen (secondary N) is 1. The van der Waals surface area contributed by atoms with E-state index in [0.29, 0.717) is 5.75 Å². The molecule has 5 nitrogen and oxygen atoms in total. The topological polar surface area (TPSA) is 73.9 Å². The van der Waals surface area contributed by atoms with E-state index in [-0.39, 0.29) is 5.11 Å². The molecule has 1 aliphatic heterocycles. The van der Waals surface area contributed by atoms with Crippen molar-refractivity contribution in [3.8, 4) is 5.75 Å². The second-order valence-electron chi connectivity index (χ2n) is 4.96. The van der Waals surface area contributed by atoms with Crippen LogP contribution < -0.4 is 11.2 Å². The molecule has 6 heteroatoms. The zero-order valence-electron chi connectivity index (χ0n) is 11.4. The molecule has 1 saturated heterocycles. The van der Waals surface area contributed by atoms with Gasteiger partial charge in [-0.1, -0.05) is 6.42 Å². The van der Waals surface area contributed by atoms with Crippen LogP contribution in [0.15, 0.2) is 23.3 Å². The molecule has 20 heavy (non-hydrogen) atoms. The summed E-state index contributed by atoms with van der Waals surface area (Å²) < 4.78 is 0. The Morgan fingerprint density at radius 1 is 1.40 bits per heavy atom. The van der Waals surface area contributed by atoms with Crippen molar-refractivity contribution >= 4 is 23.5 Å². The number of nitrogens with zero attached hydrogens (tertiary/aromatic N) is 2. The molecule has 0 bridgehead atoms. The lowest BCUT2D eigenvalue weighted by Gasteiger charge is -2.26. The molecule has 108 valence electrons. The van der Waals surface area contributed by atoms with Crippen LogP contribution in [0.5, 0.6) is 5.75 Å². The minimum absolute atomic E-state index is 0.133. The normalized spacial score (nSPS) is 16.4. The predicted molar refractivity (Wildman–Crippen MR) is 84.7 cm³/mol. The maximum absolute atomic E-state index is 9.95. The highest BCUT2D eigenvalue weighted by atomic mass is 32.1. The van der Waals surface area contributed by atoms with Gasteiger partial charge in [0.2, 0.25) is 0 Å². The highest BCUT2D eigenvalue weighted by Crippen LogP contribution is 2.21. The van der Waals surface area contributed by atoms with Crippen molar-refractivity contribution < 1.29 is 5.11 Å². The fourth-order valence-corrected chi connectivity index (χ4v) is 2.39. The van der Waals surface area contributed by atoms with Crippen LogP contribution in [0.3, 0.4) is 0 Å². The lowest BCUT2D eigenvalue weighted by Crippen LogP contribution is -2.29. The number of likely N-dealkylation sites (tertiary alicyclic amines) is 1. The molecule has 0 aromatic heterocycles. The van der Waals surface area contributed by atoms with Crippen molar-refractivity contribution in [2.75, 3.05) is 13.1 Å². The number of piperidine rings is 1. The number of phenolic OH excluding ortho intramolecular Hbond substituents is 1. The first-order valence-corrected chi connectivity index (χ1v) is 7.19. The summed E-state index contributed by atoms with van der Waals surface area (Å²) in [5, 5.41) is 14.0. The van der Waals surface area contributed by atoms with Crippen LogP contribution >= 0.6 is 12.2 Å². The molecule has 1 aromatic carbocycles. The predicted octanol–water partition coefficient (Wildman–Crippen LogP) is 1.55. The van der Waals surface area contributed by atoms with E-state index < -0.39 is 0 Å². The van der Waals surface area contributed by atoms with E-state index in [2.05, 4.69) is 27.6 Å². The summed E-state index contributed by atoms with van der Waals surface area (Å²) in [5.74, 6) is 0.329. The first kappa shape index (κ1) is 14.7. The van der Waals surface area contributed by atoms with E-state index in [4.69, 9.17) is 5.73 Å². The molecule has 4 N–H and O–H groups in total. The van der Waals surface area contributed by atoms with Gasteiger partial charge in [0.05, 0.1) is 6.21 Å². The van der Waals surface area contributed by atoms with E-state index in [1.165, 1.54) is 19.3 Å². The molecule has 1 fully saturated rings. The van der Waals surface area contributed by atoms with Gasteiger partial charge < -0.3 is 10.8 Å². The summed E-state index contributed by atoms with van der Waals surface area (Å²) in [6.45, 7) is 2.97. The molecule has 0 radical (unpaired) electrons. The summed E-state index contributed by atoms with van der Waals surface area (Å²) in [7, 11) is 0. The molecule has 2 rings (SSSR count). The van der Waals surface area contributed by atoms with Crippen molar-refractivity contribution in [2.24, 2.45) is 10.8 Å². The highest BCUT2D eigenvalue weighted by molar-refractivity contribution is 7.80. The van der Waals surface area contributed by atoms with Crippen LogP contribution in [0.1, 0.15) is 30.4 Å². The third-order valence-electron chi connectivity index (χ3n) is 3.33. The van der Waals surface area contributed by atoms with Gasteiger partial charge in [-0.25, -0.2) is 0 Å². The van der Waals surface area contributed by atoms with Crippen molar-refractivity contribution in [1.82, 2.24) is 10.3 Å². The maximum atomic E-state index is 9.95. The van der Waals surface area contributed by atoms with E-state index in [1.54, 1.807) is 18.3 Å². The zero-order valence-corrected chi connectivity index (χ0v) is 12.2. The molecule has 0 atom stereocenters. The second kappa shape index (κ2) is 7.21. The zero-order chi connectivity index (χ0) is 14.4. The van der Waals surface area contributed by atoms with Crippen LogP contribution in [-0.2, 0) is 6.54 Å². The van der Waals surface area contributed by atoms with Gasteiger partial charge in [0.15, 0.2) is 5.11 Å². The monoisotopic (exact) mass is 292 g/mol. The minimum Gasteiger partial charge on any atom is -0.508 e. The molecule has 0 unspecified atom stereocenters. The van der Waals surface area contributed by atoms with Crippen LogP contribution in [0, 0.1) is 0 Å². The number of rotatable bonds is 4. The van der Waals surface area contributed by atoms with Crippen molar-refractivity contribution in [3.63, 3.8) is 0 Å². The van der Waals surface area contributed by atoms with Crippen LogP contribution in [0.4, 0.5) is 0 Å². The maximum Gasteiger partial charge on any atom is 0.184 e. The second-order valence-corrected chi connectivity index (χ2v) is 5.40. The Morgan fingerprint density at radius 3 is 2.85 bits per heavy atom. The number of thiocarbonyl (C=S) groups is 1. The molecular weight excluding hydrogens is 272 g/mol. The fraction of sp³-hybridized carbons (Fsp3) is 0.429. The molecule has 0 amide bonds. The molecule has 1 aliphatic rings. The van der Waals surface area contributed by atoms with E-state index in [1.807, 2.05) is 6.07 Å². The van der Waals surface area contributed by atoms with Crippen LogP contribution in [-0.4, -0.2) is 34.4 Å². The largest absolute Gasteiger partial charge is 0.508 e. The lowest BCUT2D eigenvalue weighted by molar-refractivity contribution is 0.218. The summed E-state index contributed by atoms with van der Waals surface area (Å²) >= 11 is 4.67. The van der Waals surface area contributed by atoms with E-state index in [9.17, 15) is 5.11 Å². The van der Waals surface area contributed by atoms with Gasteiger partial charge in [-0.3, -0.25) is 10.3 Å². The first-order valence-electron chi connectivity index (χ1n) is 6.78. The van der Waals surface area contributed by atoms with Gasteiger partial charge in [-0.15, -0.1) is 0 Å². The van der Waals surface area contributed by atoms with Gasteiger partial charge in [-0.05, 0) is 61.9 Å². The quantitative estimate of drug-likeness (QED) is 0.446. The molecular formula is C14H20N4OS. The third-order valence-corrected chi connectivity index (χ3v) is 3.43. The molecule has 1 aromatic rings. The number of benzene rings is 1. The Kier molecular flexibility index (Phi) is 5.31. The number of phenols is 1. The van der Waals surface area contributed by atoms with Crippen LogP contribution in [0.2, 0.25) is 0 Å². The Hall–Kier alpha value is -1.66.